The van der Waals surface area contributed by atoms with Gasteiger partial charge in [-0.3, -0.25) is 9.59 Å². The number of hydrogen-bond donors (Lipinski definition) is 1. The Bertz CT molecular complexity index is 841. The second kappa shape index (κ2) is 11.2. The number of ether oxygens (including phenoxy) is 2. The number of methoxy groups -OCH3 is 1. The van der Waals surface area contributed by atoms with Crippen molar-refractivity contribution in [2.45, 2.75) is 45.8 Å². The monoisotopic (exact) mass is 416 g/mol. The molecule has 0 fully saturated rings. The fourth-order valence-corrected chi connectivity index (χ4v) is 2.76. The lowest BCUT2D eigenvalue weighted by atomic mass is 10.1. The molecule has 1 N–H and O–H groups in total. The molecule has 0 aliphatic rings. The number of rotatable bonds is 10. The van der Waals surface area contributed by atoms with E-state index in [0.717, 1.165) is 6.42 Å². The predicted octanol–water partition coefficient (Wildman–Crippen LogP) is 3.55. The van der Waals surface area contributed by atoms with Crippen molar-refractivity contribution in [3.8, 4) is 11.5 Å². The number of benzene rings is 2. The van der Waals surface area contributed by atoms with Gasteiger partial charge in [-0.1, -0.05) is 25.1 Å². The molecule has 30 heavy (non-hydrogen) atoms. The number of nitrogens with zero attached hydrogens (tertiary/aromatic N) is 1. The van der Waals surface area contributed by atoms with E-state index in [9.17, 15) is 14.0 Å². The van der Waals surface area contributed by atoms with Gasteiger partial charge in [0.2, 0.25) is 5.91 Å². The van der Waals surface area contributed by atoms with Crippen molar-refractivity contribution < 1.29 is 23.5 Å². The van der Waals surface area contributed by atoms with E-state index < -0.39 is 17.8 Å². The van der Waals surface area contributed by atoms with Crippen molar-refractivity contribution in [1.82, 2.24) is 10.2 Å². The second-order valence-electron chi connectivity index (χ2n) is 7.07. The minimum atomic E-state index is -0.787. The molecule has 0 bridgehead atoms. The summed E-state index contributed by atoms with van der Waals surface area (Å²) in [6.07, 6.45) is 0.764. The Morgan fingerprint density at radius 2 is 1.70 bits per heavy atom. The van der Waals surface area contributed by atoms with Crippen molar-refractivity contribution in [2.24, 2.45) is 0 Å². The third kappa shape index (κ3) is 6.47. The van der Waals surface area contributed by atoms with Crippen LogP contribution in [-0.4, -0.2) is 42.5 Å². The zero-order chi connectivity index (χ0) is 22.1. The summed E-state index contributed by atoms with van der Waals surface area (Å²) < 4.78 is 24.9. The van der Waals surface area contributed by atoms with Crippen LogP contribution in [0.5, 0.6) is 11.5 Å². The predicted molar refractivity (Wildman–Crippen MR) is 113 cm³/mol. The molecule has 0 heterocycles. The maximum absolute atomic E-state index is 14.2. The Hall–Kier alpha value is -3.09. The van der Waals surface area contributed by atoms with Gasteiger partial charge in [0.25, 0.3) is 5.91 Å². The van der Waals surface area contributed by atoms with Crippen molar-refractivity contribution in [3.05, 3.63) is 59.9 Å². The highest BCUT2D eigenvalue weighted by molar-refractivity contribution is 5.88. The summed E-state index contributed by atoms with van der Waals surface area (Å²) in [5, 5.41) is 2.87. The Morgan fingerprint density at radius 1 is 1.07 bits per heavy atom. The number of carbonyl (C=O) groups excluding carboxylic acids is 2. The molecular formula is C23H29FN2O4. The maximum atomic E-state index is 14.2. The van der Waals surface area contributed by atoms with Crippen LogP contribution < -0.4 is 14.8 Å². The Balaban J connectivity index is 2.14. The Kier molecular flexibility index (Phi) is 8.65. The van der Waals surface area contributed by atoms with Gasteiger partial charge in [0.1, 0.15) is 23.4 Å². The van der Waals surface area contributed by atoms with Crippen molar-refractivity contribution in [1.29, 1.82) is 0 Å². The number of halogens is 1. The van der Waals surface area contributed by atoms with Crippen LogP contribution in [0.25, 0.3) is 0 Å². The topological polar surface area (TPSA) is 67.9 Å². The largest absolute Gasteiger partial charge is 0.497 e. The number of hydrogen-bond acceptors (Lipinski definition) is 4. The molecule has 2 amide bonds. The summed E-state index contributed by atoms with van der Waals surface area (Å²) in [6, 6.07) is 12.2. The molecule has 0 saturated heterocycles. The fourth-order valence-electron chi connectivity index (χ4n) is 2.76. The van der Waals surface area contributed by atoms with E-state index in [-0.39, 0.29) is 25.1 Å². The average Bonchev–Trinajstić information content (AvgIpc) is 2.76. The molecule has 6 nitrogen and oxygen atoms in total. The highest BCUT2D eigenvalue weighted by Gasteiger charge is 2.27. The molecule has 0 aliphatic heterocycles. The smallest absolute Gasteiger partial charge is 0.261 e. The highest BCUT2D eigenvalue weighted by Crippen LogP contribution is 2.18. The third-order valence-corrected chi connectivity index (χ3v) is 4.89. The summed E-state index contributed by atoms with van der Waals surface area (Å²) >= 11 is 0. The number of amides is 2. The summed E-state index contributed by atoms with van der Waals surface area (Å²) in [5.41, 5.74) is 0.332. The molecular weight excluding hydrogens is 387 g/mol. The molecule has 0 aliphatic carbocycles. The van der Waals surface area contributed by atoms with Gasteiger partial charge in [-0.15, -0.1) is 0 Å². The molecule has 0 saturated carbocycles. The SMILES string of the molecule is CCC(C)NC(=O)C(C)N(Cc1ccccc1F)C(=O)COc1ccc(OC)cc1. The standard InChI is InChI=1S/C23H29FN2O4/c1-5-16(2)25-23(28)17(3)26(14-18-8-6-7-9-21(18)24)22(27)15-30-20-12-10-19(29-4)11-13-20/h6-13,16-17H,5,14-15H2,1-4H3,(H,25,28). The van der Waals surface area contributed by atoms with Gasteiger partial charge in [0.05, 0.1) is 7.11 Å². The van der Waals surface area contributed by atoms with E-state index in [2.05, 4.69) is 5.32 Å². The zero-order valence-corrected chi connectivity index (χ0v) is 17.9. The Morgan fingerprint density at radius 3 is 2.30 bits per heavy atom. The molecule has 7 heteroatoms. The van der Waals surface area contributed by atoms with E-state index in [1.54, 1.807) is 56.5 Å². The van der Waals surface area contributed by atoms with Gasteiger partial charge in [-0.2, -0.15) is 0 Å². The fraction of sp³-hybridized carbons (Fsp3) is 0.391. The van der Waals surface area contributed by atoms with E-state index in [1.165, 1.54) is 11.0 Å². The van der Waals surface area contributed by atoms with Crippen molar-refractivity contribution in [2.75, 3.05) is 13.7 Å². The van der Waals surface area contributed by atoms with Crippen LogP contribution in [0.3, 0.4) is 0 Å². The summed E-state index contributed by atoms with van der Waals surface area (Å²) in [5.74, 6) is 0.0251. The normalized spacial score (nSPS) is 12.6. The van der Waals surface area contributed by atoms with Crippen LogP contribution in [0.2, 0.25) is 0 Å². The molecule has 0 spiro atoms. The lowest BCUT2D eigenvalue weighted by molar-refractivity contribution is -0.142. The molecule has 2 rings (SSSR count). The van der Waals surface area contributed by atoms with Crippen LogP contribution >= 0.6 is 0 Å². The van der Waals surface area contributed by atoms with Crippen LogP contribution in [0.4, 0.5) is 4.39 Å². The number of nitrogens with one attached hydrogen (secondary N) is 1. The zero-order valence-electron chi connectivity index (χ0n) is 17.9. The first-order valence-electron chi connectivity index (χ1n) is 9.95. The molecule has 2 aromatic rings. The molecule has 2 atom stereocenters. The van der Waals surface area contributed by atoms with Gasteiger partial charge >= 0.3 is 0 Å². The molecule has 162 valence electrons. The van der Waals surface area contributed by atoms with Crippen LogP contribution in [0, 0.1) is 5.82 Å². The summed E-state index contributed by atoms with van der Waals surface area (Å²) in [4.78, 5) is 26.9. The van der Waals surface area contributed by atoms with Gasteiger partial charge in [-0.05, 0) is 50.6 Å². The Labute approximate surface area is 177 Å². The average molecular weight is 416 g/mol. The quantitative estimate of drug-likeness (QED) is 0.643. The minimum Gasteiger partial charge on any atom is -0.497 e. The van der Waals surface area contributed by atoms with Gasteiger partial charge in [-0.25, -0.2) is 4.39 Å². The third-order valence-electron chi connectivity index (χ3n) is 4.89. The summed E-state index contributed by atoms with van der Waals surface area (Å²) in [6.45, 7) is 5.17. The first-order chi connectivity index (χ1) is 14.3. The van der Waals surface area contributed by atoms with Crippen molar-refractivity contribution in [3.63, 3.8) is 0 Å². The van der Waals surface area contributed by atoms with Gasteiger partial charge in [0, 0.05) is 18.2 Å². The minimum absolute atomic E-state index is 0.0269. The first-order valence-corrected chi connectivity index (χ1v) is 9.95. The van der Waals surface area contributed by atoms with Crippen LogP contribution in [0.15, 0.2) is 48.5 Å². The van der Waals surface area contributed by atoms with E-state index >= 15 is 0 Å². The van der Waals surface area contributed by atoms with Gasteiger partial charge in [0.15, 0.2) is 6.61 Å². The molecule has 2 aromatic carbocycles. The van der Waals surface area contributed by atoms with E-state index in [1.807, 2.05) is 13.8 Å². The van der Waals surface area contributed by atoms with Crippen LogP contribution in [-0.2, 0) is 16.1 Å². The molecule has 0 aromatic heterocycles. The van der Waals surface area contributed by atoms with Gasteiger partial charge < -0.3 is 19.7 Å². The lowest BCUT2D eigenvalue weighted by Gasteiger charge is -2.29. The highest BCUT2D eigenvalue weighted by atomic mass is 19.1. The van der Waals surface area contributed by atoms with E-state index in [0.29, 0.717) is 17.1 Å². The molecule has 0 radical (unpaired) electrons. The van der Waals surface area contributed by atoms with E-state index in [4.69, 9.17) is 9.47 Å². The lowest BCUT2D eigenvalue weighted by Crippen LogP contribution is -2.50. The second-order valence-corrected chi connectivity index (χ2v) is 7.07. The van der Waals surface area contributed by atoms with Crippen molar-refractivity contribution >= 4 is 11.8 Å². The number of carbonyl (C=O) groups is 2. The first kappa shape index (κ1) is 23.2. The molecule has 2 unspecified atom stereocenters. The maximum Gasteiger partial charge on any atom is 0.261 e. The summed E-state index contributed by atoms with van der Waals surface area (Å²) in [7, 11) is 1.56. The van der Waals surface area contributed by atoms with Crippen LogP contribution in [0.1, 0.15) is 32.8 Å².